The predicted molar refractivity (Wildman–Crippen MR) is 104 cm³/mol. The van der Waals surface area contributed by atoms with Gasteiger partial charge in [-0.15, -0.1) is 0 Å². The molecule has 0 unspecified atom stereocenters. The Morgan fingerprint density at radius 1 is 1.38 bits per heavy atom. The van der Waals surface area contributed by atoms with Crippen molar-refractivity contribution in [1.82, 2.24) is 20.2 Å². The molecule has 0 aliphatic heterocycles. The Kier molecular flexibility index (Phi) is 5.03. The quantitative estimate of drug-likeness (QED) is 0.533. The highest BCUT2D eigenvalue weighted by Crippen LogP contribution is 2.23. The molecule has 3 aromatic rings. The Bertz CT molecular complexity index is 1010. The van der Waals surface area contributed by atoms with Crippen LogP contribution in [0, 0.1) is 12.8 Å². The topological polar surface area (TPSA) is 92.1 Å². The number of para-hydroxylation sites is 1. The monoisotopic (exact) mass is 371 g/mol. The Labute approximate surface area is 154 Å². The minimum atomic E-state index is -0.235. The average Bonchev–Trinajstić information content (AvgIpc) is 3.12. The van der Waals surface area contributed by atoms with Crippen LogP contribution in [0.15, 0.2) is 34.2 Å². The van der Waals surface area contributed by atoms with E-state index in [0.717, 1.165) is 10.2 Å². The molecule has 2 heterocycles. The average molecular weight is 371 g/mol. The number of aryl methyl sites for hydroxylation is 1. The van der Waals surface area contributed by atoms with Crippen LogP contribution in [0.3, 0.4) is 0 Å². The molecule has 26 heavy (non-hydrogen) atoms. The number of hydrogen-bond acceptors (Lipinski definition) is 5. The molecule has 0 saturated carbocycles. The molecule has 1 amide bonds. The summed E-state index contributed by atoms with van der Waals surface area (Å²) in [5.41, 5.74) is 4.70. The minimum Gasteiger partial charge on any atom is -0.293 e. The minimum absolute atomic E-state index is 0.168. The van der Waals surface area contributed by atoms with E-state index in [2.05, 4.69) is 20.6 Å². The summed E-state index contributed by atoms with van der Waals surface area (Å²) in [6, 6.07) is 7.73. The van der Waals surface area contributed by atoms with E-state index in [1.807, 2.05) is 38.1 Å². The molecule has 0 bridgehead atoms. The smallest absolute Gasteiger partial charge is 0.282 e. The SMILES string of the molecule is C/C(=N\NC(=O)CC(C)C)c1c(C)[nH]n(-c2nc3ccccc3s2)c1=O. The molecule has 1 aromatic carbocycles. The zero-order valence-electron chi connectivity index (χ0n) is 15.2. The van der Waals surface area contributed by atoms with Crippen molar-refractivity contribution in [3.05, 3.63) is 45.9 Å². The maximum atomic E-state index is 12.8. The van der Waals surface area contributed by atoms with Crippen molar-refractivity contribution >= 4 is 33.2 Å². The highest BCUT2D eigenvalue weighted by molar-refractivity contribution is 7.20. The van der Waals surface area contributed by atoms with Gasteiger partial charge in [0.25, 0.3) is 5.56 Å². The van der Waals surface area contributed by atoms with Gasteiger partial charge in [0.1, 0.15) is 0 Å². The largest absolute Gasteiger partial charge is 0.293 e. The molecule has 0 spiro atoms. The maximum absolute atomic E-state index is 12.8. The first-order valence-corrected chi connectivity index (χ1v) is 9.19. The van der Waals surface area contributed by atoms with E-state index in [0.29, 0.717) is 28.5 Å². The fourth-order valence-corrected chi connectivity index (χ4v) is 3.61. The lowest BCUT2D eigenvalue weighted by atomic mass is 10.1. The molecule has 0 aliphatic rings. The van der Waals surface area contributed by atoms with Gasteiger partial charge in [-0.2, -0.15) is 9.78 Å². The van der Waals surface area contributed by atoms with Crippen LogP contribution >= 0.6 is 11.3 Å². The first-order valence-electron chi connectivity index (χ1n) is 8.38. The molecule has 0 saturated heterocycles. The molecule has 0 fully saturated rings. The summed E-state index contributed by atoms with van der Waals surface area (Å²) in [6.07, 6.45) is 0.388. The van der Waals surface area contributed by atoms with Crippen molar-refractivity contribution in [2.75, 3.05) is 0 Å². The predicted octanol–water partition coefficient (Wildman–Crippen LogP) is 2.97. The third kappa shape index (κ3) is 3.60. The Balaban J connectivity index is 1.92. The van der Waals surface area contributed by atoms with Crippen LogP contribution in [0.1, 0.15) is 38.4 Å². The summed E-state index contributed by atoms with van der Waals surface area (Å²) >= 11 is 1.43. The number of amides is 1. The zero-order chi connectivity index (χ0) is 18.8. The number of aromatic nitrogens is 3. The normalized spacial score (nSPS) is 12.1. The molecule has 0 atom stereocenters. The molecule has 3 rings (SSSR count). The number of fused-ring (bicyclic) bond motifs is 1. The van der Waals surface area contributed by atoms with Gasteiger partial charge < -0.3 is 0 Å². The lowest BCUT2D eigenvalue weighted by Crippen LogP contribution is -2.24. The van der Waals surface area contributed by atoms with Crippen molar-refractivity contribution in [3.63, 3.8) is 0 Å². The van der Waals surface area contributed by atoms with Gasteiger partial charge in [-0.05, 0) is 31.9 Å². The highest BCUT2D eigenvalue weighted by atomic mass is 32.1. The maximum Gasteiger partial charge on any atom is 0.282 e. The molecular formula is C18H21N5O2S. The Morgan fingerprint density at radius 2 is 2.12 bits per heavy atom. The van der Waals surface area contributed by atoms with Crippen LogP contribution in [0.25, 0.3) is 15.3 Å². The molecule has 0 radical (unpaired) electrons. The van der Waals surface area contributed by atoms with Crippen LogP contribution in [0.4, 0.5) is 0 Å². The first-order chi connectivity index (χ1) is 12.4. The molecule has 2 aromatic heterocycles. The number of hydrazone groups is 1. The molecular weight excluding hydrogens is 350 g/mol. The number of aromatic amines is 1. The third-order valence-corrected chi connectivity index (χ3v) is 4.87. The molecule has 0 aliphatic carbocycles. The first kappa shape index (κ1) is 18.1. The number of carbonyl (C=O) groups excluding carboxylic acids is 1. The van der Waals surface area contributed by atoms with Crippen molar-refractivity contribution < 1.29 is 4.79 Å². The number of benzene rings is 1. The lowest BCUT2D eigenvalue weighted by molar-refractivity contribution is -0.121. The summed E-state index contributed by atoms with van der Waals surface area (Å²) in [5, 5.41) is 7.71. The number of carbonyl (C=O) groups is 1. The van der Waals surface area contributed by atoms with E-state index < -0.39 is 0 Å². The van der Waals surface area contributed by atoms with E-state index in [4.69, 9.17) is 0 Å². The fraction of sp³-hybridized carbons (Fsp3) is 0.333. The number of nitrogens with zero attached hydrogens (tertiary/aromatic N) is 3. The van der Waals surface area contributed by atoms with Gasteiger partial charge in [0, 0.05) is 12.1 Å². The number of rotatable bonds is 5. The van der Waals surface area contributed by atoms with Gasteiger partial charge in [-0.3, -0.25) is 14.7 Å². The van der Waals surface area contributed by atoms with E-state index in [9.17, 15) is 9.59 Å². The number of hydrogen-bond donors (Lipinski definition) is 2. The second-order valence-electron chi connectivity index (χ2n) is 6.55. The van der Waals surface area contributed by atoms with Crippen molar-refractivity contribution in [2.24, 2.45) is 11.0 Å². The van der Waals surface area contributed by atoms with E-state index in [-0.39, 0.29) is 17.4 Å². The van der Waals surface area contributed by atoms with Crippen LogP contribution in [-0.2, 0) is 4.79 Å². The van der Waals surface area contributed by atoms with E-state index in [1.165, 1.54) is 16.0 Å². The standard InChI is InChI=1S/C18H21N5O2S/c1-10(2)9-15(24)21-20-11(3)16-12(4)22-23(17(16)25)18-19-13-7-5-6-8-14(13)26-18/h5-8,10,22H,9H2,1-4H3,(H,21,24)/b20-11+. The van der Waals surface area contributed by atoms with Gasteiger partial charge >= 0.3 is 0 Å². The number of thiazole rings is 1. The Hall–Kier alpha value is -2.74. The van der Waals surface area contributed by atoms with Crippen molar-refractivity contribution in [3.8, 4) is 5.13 Å². The van der Waals surface area contributed by atoms with Crippen LogP contribution in [0.5, 0.6) is 0 Å². The third-order valence-electron chi connectivity index (χ3n) is 3.85. The number of H-pyrrole nitrogens is 1. The highest BCUT2D eigenvalue weighted by Gasteiger charge is 2.17. The van der Waals surface area contributed by atoms with E-state index >= 15 is 0 Å². The molecule has 7 nitrogen and oxygen atoms in total. The van der Waals surface area contributed by atoms with Gasteiger partial charge in [-0.25, -0.2) is 10.4 Å². The zero-order valence-corrected chi connectivity index (χ0v) is 16.0. The summed E-state index contributed by atoms with van der Waals surface area (Å²) in [6.45, 7) is 7.43. The van der Waals surface area contributed by atoms with Crippen molar-refractivity contribution in [2.45, 2.75) is 34.1 Å². The van der Waals surface area contributed by atoms with Crippen LogP contribution in [0.2, 0.25) is 0 Å². The fourth-order valence-electron chi connectivity index (χ4n) is 2.68. The second-order valence-corrected chi connectivity index (χ2v) is 7.56. The summed E-state index contributed by atoms with van der Waals surface area (Å²) in [5.74, 6) is 0.0785. The van der Waals surface area contributed by atoms with Gasteiger partial charge in [0.05, 0.1) is 21.5 Å². The van der Waals surface area contributed by atoms with E-state index in [1.54, 1.807) is 13.8 Å². The van der Waals surface area contributed by atoms with Gasteiger partial charge in [0.15, 0.2) is 0 Å². The van der Waals surface area contributed by atoms with Gasteiger partial charge in [0.2, 0.25) is 11.0 Å². The molecule has 2 N–H and O–H groups in total. The Morgan fingerprint density at radius 3 is 2.81 bits per heavy atom. The van der Waals surface area contributed by atoms with Crippen LogP contribution < -0.4 is 11.0 Å². The second kappa shape index (κ2) is 7.25. The lowest BCUT2D eigenvalue weighted by Gasteiger charge is -2.03. The summed E-state index contributed by atoms with van der Waals surface area (Å²) in [7, 11) is 0. The summed E-state index contributed by atoms with van der Waals surface area (Å²) in [4.78, 5) is 29.1. The molecule has 8 heteroatoms. The molecule has 136 valence electrons. The van der Waals surface area contributed by atoms with Crippen LogP contribution in [-0.4, -0.2) is 26.4 Å². The van der Waals surface area contributed by atoms with Crippen molar-refractivity contribution in [1.29, 1.82) is 0 Å². The number of nitrogens with one attached hydrogen (secondary N) is 2. The van der Waals surface area contributed by atoms with Gasteiger partial charge in [-0.1, -0.05) is 37.3 Å². The summed E-state index contributed by atoms with van der Waals surface area (Å²) < 4.78 is 2.43.